The number of hydrogen-bond acceptors (Lipinski definition) is 2. The fourth-order valence-corrected chi connectivity index (χ4v) is 3.26. The smallest absolute Gasteiger partial charge is 0.319 e. The van der Waals surface area contributed by atoms with E-state index in [1.807, 2.05) is 24.3 Å². The lowest BCUT2D eigenvalue weighted by Crippen LogP contribution is -2.30. The number of amides is 3. The summed E-state index contributed by atoms with van der Waals surface area (Å²) in [7, 11) is 0. The van der Waals surface area contributed by atoms with E-state index in [4.69, 9.17) is 23.2 Å². The summed E-state index contributed by atoms with van der Waals surface area (Å²) in [5.74, 6) is 0.0873. The van der Waals surface area contributed by atoms with E-state index < -0.39 is 0 Å². The molecule has 0 spiro atoms. The Labute approximate surface area is 162 Å². The lowest BCUT2D eigenvalue weighted by molar-refractivity contribution is -0.117. The minimum Gasteiger partial charge on any atom is -0.338 e. The van der Waals surface area contributed by atoms with E-state index in [1.54, 1.807) is 23.1 Å². The van der Waals surface area contributed by atoms with Gasteiger partial charge in [0.2, 0.25) is 5.91 Å². The first kappa shape index (κ1) is 18.5. The molecule has 0 atom stereocenters. The summed E-state index contributed by atoms with van der Waals surface area (Å²) < 4.78 is 0. The number of urea groups is 1. The fraction of sp³-hybridized carbons (Fsp3) is 0.263. The Morgan fingerprint density at radius 3 is 2.73 bits per heavy atom. The average molecular weight is 392 g/mol. The monoisotopic (exact) mass is 391 g/mol. The standard InChI is InChI=1S/C19H19Cl2N3O2/c20-14-4-1-3-13(11-14)8-9-22-19(26)23-17-12-15(6-7-16(17)21)24-10-2-5-18(24)25/h1,3-4,6-7,11-12H,2,5,8-10H2,(H2,22,23,26). The van der Waals surface area contributed by atoms with Crippen LogP contribution >= 0.6 is 23.2 Å². The Hall–Kier alpha value is -2.24. The molecule has 3 rings (SSSR count). The summed E-state index contributed by atoms with van der Waals surface area (Å²) in [4.78, 5) is 25.7. The molecule has 2 aromatic carbocycles. The summed E-state index contributed by atoms with van der Waals surface area (Å²) in [6, 6.07) is 12.4. The Morgan fingerprint density at radius 2 is 2.00 bits per heavy atom. The molecule has 136 valence electrons. The zero-order valence-corrected chi connectivity index (χ0v) is 15.6. The van der Waals surface area contributed by atoms with Crippen molar-refractivity contribution in [3.63, 3.8) is 0 Å². The van der Waals surface area contributed by atoms with Crippen LogP contribution in [0.2, 0.25) is 10.0 Å². The second-order valence-electron chi connectivity index (χ2n) is 6.07. The molecular formula is C19H19Cl2N3O2. The molecule has 3 amide bonds. The van der Waals surface area contributed by atoms with E-state index in [2.05, 4.69) is 10.6 Å². The van der Waals surface area contributed by atoms with Crippen molar-refractivity contribution in [2.45, 2.75) is 19.3 Å². The van der Waals surface area contributed by atoms with E-state index in [0.29, 0.717) is 41.7 Å². The highest BCUT2D eigenvalue weighted by Crippen LogP contribution is 2.29. The number of halogens is 2. The van der Waals surface area contributed by atoms with E-state index in [-0.39, 0.29) is 11.9 Å². The molecule has 1 heterocycles. The van der Waals surface area contributed by atoms with Gasteiger partial charge in [0.25, 0.3) is 0 Å². The molecule has 5 nitrogen and oxygen atoms in total. The van der Waals surface area contributed by atoms with Crippen molar-refractivity contribution >= 4 is 46.5 Å². The predicted octanol–water partition coefficient (Wildman–Crippen LogP) is 4.48. The maximum atomic E-state index is 12.1. The van der Waals surface area contributed by atoms with Gasteiger partial charge in [-0.1, -0.05) is 35.3 Å². The molecule has 2 N–H and O–H groups in total. The van der Waals surface area contributed by atoms with Gasteiger partial charge in [-0.25, -0.2) is 4.79 Å². The predicted molar refractivity (Wildman–Crippen MR) is 105 cm³/mol. The summed E-state index contributed by atoms with van der Waals surface area (Å²) in [6.45, 7) is 1.15. The van der Waals surface area contributed by atoms with Crippen molar-refractivity contribution in [3.8, 4) is 0 Å². The van der Waals surface area contributed by atoms with Crippen LogP contribution in [0, 0.1) is 0 Å². The molecule has 1 aliphatic rings. The van der Waals surface area contributed by atoms with Gasteiger partial charge in [0, 0.05) is 30.2 Å². The van der Waals surface area contributed by atoms with Crippen LogP contribution in [-0.4, -0.2) is 25.0 Å². The maximum absolute atomic E-state index is 12.1. The molecule has 0 unspecified atom stereocenters. The average Bonchev–Trinajstić information content (AvgIpc) is 3.03. The van der Waals surface area contributed by atoms with Gasteiger partial charge in [-0.05, 0) is 48.7 Å². The third-order valence-electron chi connectivity index (χ3n) is 4.17. The fourth-order valence-electron chi connectivity index (χ4n) is 2.88. The molecule has 26 heavy (non-hydrogen) atoms. The molecule has 0 aliphatic carbocycles. The van der Waals surface area contributed by atoms with E-state index >= 15 is 0 Å². The lowest BCUT2D eigenvalue weighted by Gasteiger charge is -2.17. The van der Waals surface area contributed by atoms with E-state index in [1.165, 1.54) is 0 Å². The van der Waals surface area contributed by atoms with Crippen molar-refractivity contribution in [1.82, 2.24) is 5.32 Å². The third kappa shape index (κ3) is 4.68. The first-order valence-corrected chi connectivity index (χ1v) is 9.18. The van der Waals surface area contributed by atoms with Crippen LogP contribution in [0.15, 0.2) is 42.5 Å². The largest absolute Gasteiger partial charge is 0.338 e. The van der Waals surface area contributed by atoms with Gasteiger partial charge in [-0.3, -0.25) is 4.79 Å². The molecule has 0 bridgehead atoms. The number of carbonyl (C=O) groups excluding carboxylic acids is 2. The number of rotatable bonds is 5. The van der Waals surface area contributed by atoms with E-state index in [9.17, 15) is 9.59 Å². The van der Waals surface area contributed by atoms with Crippen molar-refractivity contribution < 1.29 is 9.59 Å². The van der Waals surface area contributed by atoms with Gasteiger partial charge < -0.3 is 15.5 Å². The highest BCUT2D eigenvalue weighted by atomic mass is 35.5. The first-order valence-electron chi connectivity index (χ1n) is 8.42. The zero-order valence-electron chi connectivity index (χ0n) is 14.1. The summed E-state index contributed by atoms with van der Waals surface area (Å²) in [6.07, 6.45) is 2.06. The van der Waals surface area contributed by atoms with Crippen LogP contribution in [0.5, 0.6) is 0 Å². The summed E-state index contributed by atoms with van der Waals surface area (Å²) >= 11 is 12.1. The van der Waals surface area contributed by atoms with Crippen LogP contribution in [0.3, 0.4) is 0 Å². The quantitative estimate of drug-likeness (QED) is 0.788. The number of nitrogens with one attached hydrogen (secondary N) is 2. The molecular weight excluding hydrogens is 373 g/mol. The van der Waals surface area contributed by atoms with Gasteiger partial charge in [-0.2, -0.15) is 0 Å². The van der Waals surface area contributed by atoms with Crippen molar-refractivity contribution in [2.24, 2.45) is 0 Å². The van der Waals surface area contributed by atoms with Crippen LogP contribution in [0.1, 0.15) is 18.4 Å². The second-order valence-corrected chi connectivity index (χ2v) is 6.92. The van der Waals surface area contributed by atoms with Gasteiger partial charge in [-0.15, -0.1) is 0 Å². The number of carbonyl (C=O) groups is 2. The molecule has 1 aliphatic heterocycles. The van der Waals surface area contributed by atoms with Crippen LogP contribution in [0.25, 0.3) is 0 Å². The van der Waals surface area contributed by atoms with Crippen LogP contribution < -0.4 is 15.5 Å². The molecule has 2 aromatic rings. The number of benzene rings is 2. The zero-order chi connectivity index (χ0) is 18.5. The summed E-state index contributed by atoms with van der Waals surface area (Å²) in [5, 5.41) is 6.63. The molecule has 0 aromatic heterocycles. The Morgan fingerprint density at radius 1 is 1.15 bits per heavy atom. The van der Waals surface area contributed by atoms with Crippen LogP contribution in [-0.2, 0) is 11.2 Å². The first-order chi connectivity index (χ1) is 12.5. The SMILES string of the molecule is O=C(NCCc1cccc(Cl)c1)Nc1cc(N2CCCC2=O)ccc1Cl. The molecule has 7 heteroatoms. The number of nitrogens with zero attached hydrogens (tertiary/aromatic N) is 1. The molecule has 0 radical (unpaired) electrons. The Balaban J connectivity index is 1.57. The van der Waals surface area contributed by atoms with Gasteiger partial charge >= 0.3 is 6.03 Å². The highest BCUT2D eigenvalue weighted by Gasteiger charge is 2.22. The van der Waals surface area contributed by atoms with E-state index in [0.717, 1.165) is 17.7 Å². The topological polar surface area (TPSA) is 61.4 Å². The second kappa shape index (κ2) is 8.43. The number of hydrogen-bond donors (Lipinski definition) is 2. The maximum Gasteiger partial charge on any atom is 0.319 e. The highest BCUT2D eigenvalue weighted by molar-refractivity contribution is 6.33. The van der Waals surface area contributed by atoms with Crippen molar-refractivity contribution in [1.29, 1.82) is 0 Å². The number of anilines is 2. The minimum absolute atomic E-state index is 0.0873. The van der Waals surface area contributed by atoms with Gasteiger partial charge in [0.05, 0.1) is 10.7 Å². The molecule has 1 saturated heterocycles. The molecule has 0 saturated carbocycles. The van der Waals surface area contributed by atoms with Crippen molar-refractivity contribution in [3.05, 3.63) is 58.1 Å². The lowest BCUT2D eigenvalue weighted by atomic mass is 10.1. The van der Waals surface area contributed by atoms with Gasteiger partial charge in [0.1, 0.15) is 0 Å². The van der Waals surface area contributed by atoms with Crippen LogP contribution in [0.4, 0.5) is 16.2 Å². The minimum atomic E-state index is -0.348. The Bertz CT molecular complexity index is 826. The molecule has 1 fully saturated rings. The normalized spacial score (nSPS) is 13.8. The summed E-state index contributed by atoms with van der Waals surface area (Å²) in [5.41, 5.74) is 2.26. The van der Waals surface area contributed by atoms with Crippen molar-refractivity contribution in [2.75, 3.05) is 23.3 Å². The third-order valence-corrected chi connectivity index (χ3v) is 4.74. The Kier molecular flexibility index (Phi) is 6.01. The van der Waals surface area contributed by atoms with Gasteiger partial charge in [0.15, 0.2) is 0 Å².